The smallest absolute Gasteiger partial charge is 0.320 e. The quantitative estimate of drug-likeness (QED) is 0.727. The number of anilines is 1. The average molecular weight is 382 g/mol. The first-order valence-electron chi connectivity index (χ1n) is 8.28. The van der Waals surface area contributed by atoms with Crippen LogP contribution in [0.15, 0.2) is 28.7 Å². The Hall–Kier alpha value is -1.11. The van der Waals surface area contributed by atoms with E-state index in [0.717, 1.165) is 43.7 Å². The van der Waals surface area contributed by atoms with Crippen molar-refractivity contribution < 1.29 is 9.53 Å². The van der Waals surface area contributed by atoms with Gasteiger partial charge in [-0.3, -0.25) is 14.6 Å². The molecule has 2 aliphatic rings. The first kappa shape index (κ1) is 16.7. The third-order valence-corrected chi connectivity index (χ3v) is 5.15. The number of likely N-dealkylation sites (tertiary alicyclic amines) is 1. The number of nitrogens with zero attached hydrogens (tertiary/aromatic N) is 3. The number of benzene rings is 1. The molecule has 0 aromatic heterocycles. The van der Waals surface area contributed by atoms with E-state index in [0.29, 0.717) is 19.2 Å². The van der Waals surface area contributed by atoms with E-state index in [1.807, 2.05) is 6.92 Å². The largest absolute Gasteiger partial charge is 0.465 e. The van der Waals surface area contributed by atoms with E-state index in [9.17, 15) is 4.79 Å². The van der Waals surface area contributed by atoms with E-state index in [2.05, 4.69) is 54.9 Å². The van der Waals surface area contributed by atoms with Crippen molar-refractivity contribution in [1.29, 1.82) is 0 Å². The highest BCUT2D eigenvalue weighted by Crippen LogP contribution is 2.22. The highest BCUT2D eigenvalue weighted by molar-refractivity contribution is 9.10. The zero-order chi connectivity index (χ0) is 16.2. The number of hydrogen-bond acceptors (Lipinski definition) is 5. The lowest BCUT2D eigenvalue weighted by molar-refractivity contribution is -0.146. The van der Waals surface area contributed by atoms with E-state index in [-0.39, 0.29) is 5.97 Å². The molecule has 0 amide bonds. The number of piperazine rings is 1. The molecule has 5 nitrogen and oxygen atoms in total. The molecule has 23 heavy (non-hydrogen) atoms. The van der Waals surface area contributed by atoms with E-state index in [1.54, 1.807) is 0 Å². The van der Waals surface area contributed by atoms with Crippen LogP contribution in [0, 0.1) is 0 Å². The Kier molecular flexibility index (Phi) is 5.56. The van der Waals surface area contributed by atoms with E-state index >= 15 is 0 Å². The lowest BCUT2D eigenvalue weighted by Crippen LogP contribution is -2.63. The van der Waals surface area contributed by atoms with E-state index < -0.39 is 0 Å². The van der Waals surface area contributed by atoms with Crippen LogP contribution < -0.4 is 4.90 Å². The molecule has 0 saturated carbocycles. The van der Waals surface area contributed by atoms with Gasteiger partial charge in [0.05, 0.1) is 13.2 Å². The predicted octanol–water partition coefficient (Wildman–Crippen LogP) is 1.82. The molecule has 2 saturated heterocycles. The van der Waals surface area contributed by atoms with Crippen molar-refractivity contribution in [3.63, 3.8) is 0 Å². The SMILES string of the molecule is CCOC(=O)CN1CC(N2CCN(c3ccc(Br)cc3)CC2)C1. The monoisotopic (exact) mass is 381 g/mol. The molecule has 2 fully saturated rings. The third-order valence-electron chi connectivity index (χ3n) is 4.62. The zero-order valence-corrected chi connectivity index (χ0v) is 15.2. The molecule has 1 aromatic carbocycles. The van der Waals surface area contributed by atoms with Crippen LogP contribution in [0.1, 0.15) is 6.92 Å². The van der Waals surface area contributed by atoms with Crippen molar-refractivity contribution in [2.75, 3.05) is 57.3 Å². The number of rotatable bonds is 5. The molecule has 3 rings (SSSR count). The summed E-state index contributed by atoms with van der Waals surface area (Å²) in [6.45, 7) is 9.03. The molecule has 0 N–H and O–H groups in total. The van der Waals surface area contributed by atoms with Crippen LogP contribution in [0.5, 0.6) is 0 Å². The van der Waals surface area contributed by atoms with Gasteiger partial charge in [-0.05, 0) is 31.2 Å². The minimum absolute atomic E-state index is 0.106. The molecule has 0 unspecified atom stereocenters. The maximum Gasteiger partial charge on any atom is 0.320 e. The van der Waals surface area contributed by atoms with Crippen LogP contribution >= 0.6 is 15.9 Å². The Bertz CT molecular complexity index is 523. The van der Waals surface area contributed by atoms with Crippen LogP contribution in [0.25, 0.3) is 0 Å². The molecule has 1 aromatic rings. The number of esters is 1. The summed E-state index contributed by atoms with van der Waals surface area (Å²) in [6.07, 6.45) is 0. The van der Waals surface area contributed by atoms with Crippen LogP contribution in [-0.4, -0.2) is 74.2 Å². The Labute approximate surface area is 146 Å². The molecular formula is C17H24BrN3O2. The van der Waals surface area contributed by atoms with Gasteiger partial charge in [0, 0.05) is 55.5 Å². The lowest BCUT2D eigenvalue weighted by Gasteiger charge is -2.48. The van der Waals surface area contributed by atoms with Gasteiger partial charge in [0.2, 0.25) is 0 Å². The fraction of sp³-hybridized carbons (Fsp3) is 0.588. The lowest BCUT2D eigenvalue weighted by atomic mass is 10.1. The second-order valence-corrected chi connectivity index (χ2v) is 7.07. The molecule has 0 radical (unpaired) electrons. The molecule has 2 heterocycles. The van der Waals surface area contributed by atoms with Crippen molar-refractivity contribution in [1.82, 2.24) is 9.80 Å². The summed E-state index contributed by atoms with van der Waals surface area (Å²) in [6, 6.07) is 9.13. The zero-order valence-electron chi connectivity index (χ0n) is 13.6. The van der Waals surface area contributed by atoms with Crippen molar-refractivity contribution in [2.45, 2.75) is 13.0 Å². The highest BCUT2D eigenvalue weighted by atomic mass is 79.9. The molecule has 2 aliphatic heterocycles. The van der Waals surface area contributed by atoms with Crippen LogP contribution in [0.3, 0.4) is 0 Å². The summed E-state index contributed by atoms with van der Waals surface area (Å²) < 4.78 is 6.12. The first-order valence-corrected chi connectivity index (χ1v) is 9.07. The number of ether oxygens (including phenoxy) is 1. The molecule has 0 atom stereocenters. The number of halogens is 1. The third kappa shape index (κ3) is 4.25. The van der Waals surface area contributed by atoms with Gasteiger partial charge in [0.1, 0.15) is 0 Å². The maximum absolute atomic E-state index is 11.5. The predicted molar refractivity (Wildman–Crippen MR) is 94.8 cm³/mol. The van der Waals surface area contributed by atoms with Crippen molar-refractivity contribution >= 4 is 27.6 Å². The van der Waals surface area contributed by atoms with Crippen LogP contribution in [0.2, 0.25) is 0 Å². The summed E-state index contributed by atoms with van der Waals surface area (Å²) in [5.74, 6) is -0.106. The Morgan fingerprint density at radius 3 is 2.43 bits per heavy atom. The average Bonchev–Trinajstić information content (AvgIpc) is 2.52. The number of hydrogen-bond donors (Lipinski definition) is 0. The van der Waals surface area contributed by atoms with Crippen molar-refractivity contribution in [3.05, 3.63) is 28.7 Å². The minimum atomic E-state index is -0.106. The summed E-state index contributed by atoms with van der Waals surface area (Å²) >= 11 is 3.48. The second-order valence-electron chi connectivity index (χ2n) is 6.15. The Balaban J connectivity index is 1.40. The minimum Gasteiger partial charge on any atom is -0.465 e. The van der Waals surface area contributed by atoms with Gasteiger partial charge < -0.3 is 9.64 Å². The standard InChI is InChI=1S/C17H24BrN3O2/c1-2-23-17(22)13-19-11-16(12-19)21-9-7-20(8-10-21)15-5-3-14(18)4-6-15/h3-6,16H,2,7-13H2,1H3. The van der Waals surface area contributed by atoms with Gasteiger partial charge in [0.15, 0.2) is 0 Å². The van der Waals surface area contributed by atoms with Crippen LogP contribution in [0.4, 0.5) is 5.69 Å². The number of carbonyl (C=O) groups is 1. The molecule has 0 spiro atoms. The highest BCUT2D eigenvalue weighted by Gasteiger charge is 2.34. The fourth-order valence-corrected chi connectivity index (χ4v) is 3.55. The molecule has 6 heteroatoms. The molecule has 0 bridgehead atoms. The normalized spacial score (nSPS) is 20.3. The van der Waals surface area contributed by atoms with Gasteiger partial charge in [-0.15, -0.1) is 0 Å². The van der Waals surface area contributed by atoms with Crippen molar-refractivity contribution in [3.8, 4) is 0 Å². The second kappa shape index (κ2) is 7.64. The van der Waals surface area contributed by atoms with E-state index in [1.165, 1.54) is 5.69 Å². The summed E-state index contributed by atoms with van der Waals surface area (Å²) in [5, 5.41) is 0. The van der Waals surface area contributed by atoms with E-state index in [4.69, 9.17) is 4.74 Å². The Morgan fingerprint density at radius 1 is 1.17 bits per heavy atom. The summed E-state index contributed by atoms with van der Waals surface area (Å²) in [7, 11) is 0. The van der Waals surface area contributed by atoms with Gasteiger partial charge in [-0.2, -0.15) is 0 Å². The van der Waals surface area contributed by atoms with Gasteiger partial charge in [0.25, 0.3) is 0 Å². The van der Waals surface area contributed by atoms with Gasteiger partial charge >= 0.3 is 5.97 Å². The molecule has 0 aliphatic carbocycles. The van der Waals surface area contributed by atoms with Gasteiger partial charge in [-0.25, -0.2) is 0 Å². The molecule has 126 valence electrons. The van der Waals surface area contributed by atoms with Gasteiger partial charge in [-0.1, -0.05) is 15.9 Å². The number of carbonyl (C=O) groups excluding carboxylic acids is 1. The summed E-state index contributed by atoms with van der Waals surface area (Å²) in [5.41, 5.74) is 1.30. The maximum atomic E-state index is 11.5. The van der Waals surface area contributed by atoms with Crippen molar-refractivity contribution in [2.24, 2.45) is 0 Å². The topological polar surface area (TPSA) is 36.0 Å². The Morgan fingerprint density at radius 2 is 1.83 bits per heavy atom. The van der Waals surface area contributed by atoms with Crippen LogP contribution in [-0.2, 0) is 9.53 Å². The fourth-order valence-electron chi connectivity index (χ4n) is 3.29. The molecular weight excluding hydrogens is 358 g/mol. The summed E-state index contributed by atoms with van der Waals surface area (Å²) in [4.78, 5) is 18.6. The first-order chi connectivity index (χ1) is 11.2.